The van der Waals surface area contributed by atoms with Crippen LogP contribution in [0.2, 0.25) is 0 Å². The lowest BCUT2D eigenvalue weighted by atomic mass is 10.1. The monoisotopic (exact) mass is 485 g/mol. The lowest BCUT2D eigenvalue weighted by Gasteiger charge is -2.18. The molecule has 148 valence electrons. The number of aliphatic imine (C=N–C) groups is 1. The standard InChI is InChI=1S/C18H26F3N3O.HI/c1-13-7-8-14(16(11-13)25-15-5-3-4-6-15)12-24-17(22-2)23-10-9-18(19,20)21;/h7-8,11,15H,3-6,9-10,12H2,1-2H3,(H2,22,23,24);1H. The minimum absolute atomic E-state index is 0. The fraction of sp³-hybridized carbons (Fsp3) is 0.611. The van der Waals surface area contributed by atoms with Gasteiger partial charge >= 0.3 is 6.18 Å². The topological polar surface area (TPSA) is 45.7 Å². The summed E-state index contributed by atoms with van der Waals surface area (Å²) < 4.78 is 42.8. The number of alkyl halides is 3. The molecule has 1 aromatic rings. The first-order valence-electron chi connectivity index (χ1n) is 8.65. The van der Waals surface area contributed by atoms with Gasteiger partial charge in [-0.3, -0.25) is 4.99 Å². The molecule has 0 aromatic heterocycles. The van der Waals surface area contributed by atoms with Crippen molar-refractivity contribution in [2.45, 2.75) is 57.9 Å². The number of nitrogens with one attached hydrogen (secondary N) is 2. The number of nitrogens with zero attached hydrogens (tertiary/aromatic N) is 1. The first-order chi connectivity index (χ1) is 11.9. The molecule has 1 fully saturated rings. The molecule has 0 atom stereocenters. The average Bonchev–Trinajstić information content (AvgIpc) is 3.04. The van der Waals surface area contributed by atoms with E-state index >= 15 is 0 Å². The van der Waals surface area contributed by atoms with Gasteiger partial charge in [0.05, 0.1) is 12.5 Å². The summed E-state index contributed by atoms with van der Waals surface area (Å²) >= 11 is 0. The summed E-state index contributed by atoms with van der Waals surface area (Å²) in [6, 6.07) is 5.99. The highest BCUT2D eigenvalue weighted by atomic mass is 127. The van der Waals surface area contributed by atoms with Gasteiger partial charge in [0.15, 0.2) is 5.96 Å². The van der Waals surface area contributed by atoms with E-state index in [-0.39, 0.29) is 36.6 Å². The van der Waals surface area contributed by atoms with Crippen molar-refractivity contribution in [3.05, 3.63) is 29.3 Å². The molecule has 0 amide bonds. The molecular formula is C18H27F3IN3O. The van der Waals surface area contributed by atoms with Crippen molar-refractivity contribution in [1.82, 2.24) is 10.6 Å². The van der Waals surface area contributed by atoms with Crippen molar-refractivity contribution < 1.29 is 17.9 Å². The van der Waals surface area contributed by atoms with E-state index in [4.69, 9.17) is 4.74 Å². The predicted octanol–water partition coefficient (Wildman–Crippen LogP) is 4.55. The van der Waals surface area contributed by atoms with E-state index in [1.165, 1.54) is 19.9 Å². The van der Waals surface area contributed by atoms with Gasteiger partial charge in [0.2, 0.25) is 0 Å². The third-order valence-corrected chi connectivity index (χ3v) is 4.19. The van der Waals surface area contributed by atoms with Gasteiger partial charge in [-0.25, -0.2) is 0 Å². The molecule has 2 N–H and O–H groups in total. The molecule has 1 aliphatic rings. The summed E-state index contributed by atoms with van der Waals surface area (Å²) in [5.41, 5.74) is 2.08. The maximum Gasteiger partial charge on any atom is 0.390 e. The zero-order valence-corrected chi connectivity index (χ0v) is 17.5. The maximum absolute atomic E-state index is 12.2. The number of guanidine groups is 1. The summed E-state index contributed by atoms with van der Waals surface area (Å²) in [4.78, 5) is 3.96. The second-order valence-corrected chi connectivity index (χ2v) is 6.35. The van der Waals surface area contributed by atoms with Crippen molar-refractivity contribution >= 4 is 29.9 Å². The molecule has 0 unspecified atom stereocenters. The van der Waals surface area contributed by atoms with Crippen LogP contribution in [-0.2, 0) is 6.54 Å². The second-order valence-electron chi connectivity index (χ2n) is 6.35. The molecule has 2 rings (SSSR count). The highest BCUT2D eigenvalue weighted by Gasteiger charge is 2.26. The number of ether oxygens (including phenoxy) is 1. The van der Waals surface area contributed by atoms with Crippen LogP contribution in [0.5, 0.6) is 5.75 Å². The number of rotatable bonds is 6. The molecule has 26 heavy (non-hydrogen) atoms. The van der Waals surface area contributed by atoms with E-state index in [0.717, 1.165) is 29.7 Å². The van der Waals surface area contributed by atoms with Crippen LogP contribution in [0.1, 0.15) is 43.2 Å². The van der Waals surface area contributed by atoms with Crippen LogP contribution >= 0.6 is 24.0 Å². The summed E-state index contributed by atoms with van der Waals surface area (Å²) in [7, 11) is 1.54. The van der Waals surface area contributed by atoms with E-state index in [9.17, 15) is 13.2 Å². The fourth-order valence-corrected chi connectivity index (χ4v) is 2.83. The largest absolute Gasteiger partial charge is 0.490 e. The normalized spacial score (nSPS) is 15.5. The Bertz CT molecular complexity index is 588. The Kier molecular flexibility index (Phi) is 9.52. The first-order valence-corrected chi connectivity index (χ1v) is 8.65. The Morgan fingerprint density at radius 3 is 2.54 bits per heavy atom. The molecule has 1 saturated carbocycles. The third kappa shape index (κ3) is 8.01. The smallest absolute Gasteiger partial charge is 0.390 e. The van der Waals surface area contributed by atoms with Crippen LogP contribution in [0.4, 0.5) is 13.2 Å². The predicted molar refractivity (Wildman–Crippen MR) is 108 cm³/mol. The Hall–Kier alpha value is -1.19. The van der Waals surface area contributed by atoms with Crippen molar-refractivity contribution in [1.29, 1.82) is 0 Å². The summed E-state index contributed by atoms with van der Waals surface area (Å²) in [5, 5.41) is 5.73. The Balaban J connectivity index is 0.00000338. The summed E-state index contributed by atoms with van der Waals surface area (Å²) in [6.45, 7) is 2.24. The molecule has 0 spiro atoms. The van der Waals surface area contributed by atoms with Gasteiger partial charge in [-0.1, -0.05) is 12.1 Å². The number of hydrogen-bond donors (Lipinski definition) is 2. The van der Waals surface area contributed by atoms with Gasteiger partial charge in [0, 0.05) is 25.7 Å². The molecule has 1 aromatic carbocycles. The van der Waals surface area contributed by atoms with Gasteiger partial charge in [-0.2, -0.15) is 13.2 Å². The first kappa shape index (κ1) is 22.9. The molecule has 0 aliphatic heterocycles. The molecule has 8 heteroatoms. The van der Waals surface area contributed by atoms with Crippen LogP contribution in [0.15, 0.2) is 23.2 Å². The van der Waals surface area contributed by atoms with Crippen LogP contribution in [0, 0.1) is 6.92 Å². The number of benzene rings is 1. The Morgan fingerprint density at radius 2 is 1.92 bits per heavy atom. The van der Waals surface area contributed by atoms with Gasteiger partial charge in [0.25, 0.3) is 0 Å². The van der Waals surface area contributed by atoms with Crippen molar-refractivity contribution in [3.8, 4) is 5.75 Å². The van der Waals surface area contributed by atoms with Crippen molar-refractivity contribution in [2.24, 2.45) is 4.99 Å². The minimum atomic E-state index is -4.18. The van der Waals surface area contributed by atoms with E-state index in [1.807, 2.05) is 25.1 Å². The van der Waals surface area contributed by atoms with E-state index in [2.05, 4.69) is 15.6 Å². The maximum atomic E-state index is 12.2. The van der Waals surface area contributed by atoms with Gasteiger partial charge in [-0.15, -0.1) is 24.0 Å². The van der Waals surface area contributed by atoms with Crippen LogP contribution < -0.4 is 15.4 Å². The van der Waals surface area contributed by atoms with Crippen LogP contribution in [0.3, 0.4) is 0 Å². The lowest BCUT2D eigenvalue weighted by Crippen LogP contribution is -2.38. The Labute approximate surface area is 170 Å². The van der Waals surface area contributed by atoms with E-state index < -0.39 is 12.6 Å². The molecule has 1 aliphatic carbocycles. The van der Waals surface area contributed by atoms with Gasteiger partial charge in [-0.05, 0) is 44.2 Å². The van der Waals surface area contributed by atoms with Gasteiger partial charge < -0.3 is 15.4 Å². The number of hydrogen-bond acceptors (Lipinski definition) is 2. The molecule has 0 heterocycles. The fourth-order valence-electron chi connectivity index (χ4n) is 2.83. The third-order valence-electron chi connectivity index (χ3n) is 4.19. The highest BCUT2D eigenvalue weighted by molar-refractivity contribution is 14.0. The molecule has 0 saturated heterocycles. The van der Waals surface area contributed by atoms with E-state index in [0.29, 0.717) is 12.5 Å². The molecule has 0 radical (unpaired) electrons. The summed E-state index contributed by atoms with van der Waals surface area (Å²) in [6.07, 6.45) is -0.285. The molecular weight excluding hydrogens is 458 g/mol. The zero-order valence-electron chi connectivity index (χ0n) is 15.2. The quantitative estimate of drug-likeness (QED) is 0.353. The number of aryl methyl sites for hydroxylation is 1. The highest BCUT2D eigenvalue weighted by Crippen LogP contribution is 2.27. The van der Waals surface area contributed by atoms with Gasteiger partial charge in [0.1, 0.15) is 5.75 Å². The van der Waals surface area contributed by atoms with Crippen molar-refractivity contribution in [2.75, 3.05) is 13.6 Å². The van der Waals surface area contributed by atoms with E-state index in [1.54, 1.807) is 0 Å². The van der Waals surface area contributed by atoms with Crippen molar-refractivity contribution in [3.63, 3.8) is 0 Å². The zero-order chi connectivity index (χ0) is 18.3. The SMILES string of the molecule is CN=C(NCCC(F)(F)F)NCc1ccc(C)cc1OC1CCCC1.I. The van der Waals surface area contributed by atoms with Crippen LogP contribution in [0.25, 0.3) is 0 Å². The molecule has 0 bridgehead atoms. The summed E-state index contributed by atoms with van der Waals surface area (Å²) in [5.74, 6) is 1.18. The lowest BCUT2D eigenvalue weighted by molar-refractivity contribution is -0.132. The Morgan fingerprint density at radius 1 is 1.23 bits per heavy atom. The van der Waals surface area contributed by atoms with Crippen LogP contribution in [-0.4, -0.2) is 31.8 Å². The molecule has 4 nitrogen and oxygen atoms in total. The minimum Gasteiger partial charge on any atom is -0.490 e. The number of halogens is 4. The average molecular weight is 485 g/mol. The second kappa shape index (κ2) is 10.8.